The Balaban J connectivity index is 1.68. The molecular formula is C25H20N4O2. The Morgan fingerprint density at radius 2 is 1.61 bits per heavy atom. The van der Waals surface area contributed by atoms with Gasteiger partial charge in [-0.2, -0.15) is 14.8 Å². The van der Waals surface area contributed by atoms with Crippen LogP contribution in [0.4, 0.5) is 0 Å². The van der Waals surface area contributed by atoms with Crippen molar-refractivity contribution >= 4 is 10.8 Å². The van der Waals surface area contributed by atoms with E-state index < -0.39 is 0 Å². The van der Waals surface area contributed by atoms with Crippen LogP contribution in [0.3, 0.4) is 0 Å². The standard InChI is InChI=1S/C25H20N4O2/c1-3-17-10-12-18(13-11-17)23-26-24(31-28-23)22-20-6-4-5-7-21(20)25(30)29(27-22)19-14-8-16(2)9-15-19/h4-15H,3H2,1-2H3. The summed E-state index contributed by atoms with van der Waals surface area (Å²) in [7, 11) is 0. The van der Waals surface area contributed by atoms with E-state index in [9.17, 15) is 4.79 Å². The second-order valence-corrected chi connectivity index (χ2v) is 7.42. The van der Waals surface area contributed by atoms with Gasteiger partial charge in [-0.05, 0) is 37.1 Å². The maximum absolute atomic E-state index is 13.1. The van der Waals surface area contributed by atoms with E-state index in [2.05, 4.69) is 34.3 Å². The lowest BCUT2D eigenvalue weighted by Gasteiger charge is -2.09. The van der Waals surface area contributed by atoms with Crippen LogP contribution >= 0.6 is 0 Å². The van der Waals surface area contributed by atoms with Gasteiger partial charge in [-0.1, -0.05) is 72.2 Å². The first-order chi connectivity index (χ1) is 15.1. The van der Waals surface area contributed by atoms with Crippen molar-refractivity contribution < 1.29 is 4.52 Å². The lowest BCUT2D eigenvalue weighted by atomic mass is 10.1. The normalized spacial score (nSPS) is 11.2. The number of aryl methyl sites for hydroxylation is 2. The predicted octanol–water partition coefficient (Wildman–Crippen LogP) is 4.97. The Morgan fingerprint density at radius 3 is 2.32 bits per heavy atom. The molecule has 6 heteroatoms. The van der Waals surface area contributed by atoms with Gasteiger partial charge in [0.05, 0.1) is 11.1 Å². The average molecular weight is 408 g/mol. The first-order valence-electron chi connectivity index (χ1n) is 10.2. The maximum Gasteiger partial charge on any atom is 0.279 e. The molecule has 152 valence electrons. The first kappa shape index (κ1) is 18.9. The molecule has 0 spiro atoms. The van der Waals surface area contributed by atoms with E-state index in [1.807, 2.05) is 61.5 Å². The van der Waals surface area contributed by atoms with Crippen molar-refractivity contribution in [2.75, 3.05) is 0 Å². The lowest BCUT2D eigenvalue weighted by Crippen LogP contribution is -2.22. The van der Waals surface area contributed by atoms with Gasteiger partial charge < -0.3 is 4.52 Å². The fraction of sp³-hybridized carbons (Fsp3) is 0.120. The Morgan fingerprint density at radius 1 is 0.903 bits per heavy atom. The first-order valence-corrected chi connectivity index (χ1v) is 10.2. The van der Waals surface area contributed by atoms with Gasteiger partial charge in [0.25, 0.3) is 11.4 Å². The van der Waals surface area contributed by atoms with Crippen molar-refractivity contribution in [1.29, 1.82) is 0 Å². The molecule has 5 rings (SSSR count). The van der Waals surface area contributed by atoms with E-state index in [-0.39, 0.29) is 11.4 Å². The van der Waals surface area contributed by atoms with E-state index in [0.717, 1.165) is 17.5 Å². The zero-order valence-electron chi connectivity index (χ0n) is 17.2. The molecular weight excluding hydrogens is 388 g/mol. The molecule has 5 aromatic rings. The van der Waals surface area contributed by atoms with Crippen LogP contribution < -0.4 is 5.56 Å². The van der Waals surface area contributed by atoms with E-state index >= 15 is 0 Å². The molecule has 2 heterocycles. The number of aromatic nitrogens is 4. The molecule has 31 heavy (non-hydrogen) atoms. The number of benzene rings is 3. The molecule has 0 unspecified atom stereocenters. The van der Waals surface area contributed by atoms with Crippen molar-refractivity contribution in [3.05, 3.63) is 94.3 Å². The highest BCUT2D eigenvalue weighted by Gasteiger charge is 2.19. The number of hydrogen-bond donors (Lipinski definition) is 0. The highest BCUT2D eigenvalue weighted by Crippen LogP contribution is 2.26. The largest absolute Gasteiger partial charge is 0.332 e. The molecule has 0 aliphatic rings. The van der Waals surface area contributed by atoms with Crippen LogP contribution in [0, 0.1) is 6.92 Å². The Kier molecular flexibility index (Phi) is 4.67. The lowest BCUT2D eigenvalue weighted by molar-refractivity contribution is 0.430. The molecule has 6 nitrogen and oxygen atoms in total. The second-order valence-electron chi connectivity index (χ2n) is 7.42. The molecule has 0 atom stereocenters. The molecule has 0 amide bonds. The predicted molar refractivity (Wildman–Crippen MR) is 120 cm³/mol. The number of rotatable bonds is 4. The van der Waals surface area contributed by atoms with Crippen molar-refractivity contribution in [3.8, 4) is 28.7 Å². The molecule has 0 radical (unpaired) electrons. The van der Waals surface area contributed by atoms with Gasteiger partial charge in [0.1, 0.15) is 0 Å². The van der Waals surface area contributed by atoms with Gasteiger partial charge in [0, 0.05) is 10.9 Å². The van der Waals surface area contributed by atoms with Gasteiger partial charge in [0.2, 0.25) is 5.82 Å². The Hall–Kier alpha value is -4.06. The third-order valence-electron chi connectivity index (χ3n) is 5.33. The average Bonchev–Trinajstić information content (AvgIpc) is 3.30. The zero-order valence-corrected chi connectivity index (χ0v) is 17.2. The minimum absolute atomic E-state index is 0.196. The van der Waals surface area contributed by atoms with E-state index in [0.29, 0.717) is 28.0 Å². The summed E-state index contributed by atoms with van der Waals surface area (Å²) in [6.45, 7) is 4.11. The summed E-state index contributed by atoms with van der Waals surface area (Å²) in [5, 5.41) is 9.98. The fourth-order valence-corrected chi connectivity index (χ4v) is 3.53. The molecule has 0 aliphatic carbocycles. The summed E-state index contributed by atoms with van der Waals surface area (Å²) in [5.41, 5.74) is 4.16. The Labute approximate surface area is 178 Å². The quantitative estimate of drug-likeness (QED) is 0.420. The van der Waals surface area contributed by atoms with Crippen LogP contribution in [0.2, 0.25) is 0 Å². The topological polar surface area (TPSA) is 73.8 Å². The van der Waals surface area contributed by atoms with Crippen molar-refractivity contribution in [3.63, 3.8) is 0 Å². The SMILES string of the molecule is CCc1ccc(-c2noc(-c3nn(-c4ccc(C)cc4)c(=O)c4ccccc34)n2)cc1. The van der Waals surface area contributed by atoms with Crippen LogP contribution in [0.25, 0.3) is 39.4 Å². The zero-order chi connectivity index (χ0) is 21.4. The highest BCUT2D eigenvalue weighted by atomic mass is 16.5. The summed E-state index contributed by atoms with van der Waals surface area (Å²) in [6, 6.07) is 23.0. The number of nitrogens with zero attached hydrogens (tertiary/aromatic N) is 4. The Bertz CT molecular complexity index is 1430. The monoisotopic (exact) mass is 408 g/mol. The smallest absolute Gasteiger partial charge is 0.279 e. The second kappa shape index (κ2) is 7.65. The summed E-state index contributed by atoms with van der Waals surface area (Å²) >= 11 is 0. The van der Waals surface area contributed by atoms with Crippen LogP contribution in [-0.2, 0) is 6.42 Å². The fourth-order valence-electron chi connectivity index (χ4n) is 3.53. The third kappa shape index (κ3) is 3.42. The molecule has 0 saturated carbocycles. The van der Waals surface area contributed by atoms with E-state index in [1.54, 1.807) is 6.07 Å². The third-order valence-corrected chi connectivity index (χ3v) is 5.33. The summed E-state index contributed by atoms with van der Waals surface area (Å²) in [5.74, 6) is 0.753. The molecule has 3 aromatic carbocycles. The number of fused-ring (bicyclic) bond motifs is 1. The van der Waals surface area contributed by atoms with E-state index in [1.165, 1.54) is 10.2 Å². The van der Waals surface area contributed by atoms with Gasteiger partial charge in [-0.15, -0.1) is 0 Å². The van der Waals surface area contributed by atoms with Crippen LogP contribution in [0.15, 0.2) is 82.1 Å². The summed E-state index contributed by atoms with van der Waals surface area (Å²) < 4.78 is 6.97. The molecule has 2 aromatic heterocycles. The molecule has 0 saturated heterocycles. The van der Waals surface area contributed by atoms with Crippen molar-refractivity contribution in [2.45, 2.75) is 20.3 Å². The summed E-state index contributed by atoms with van der Waals surface area (Å²) in [6.07, 6.45) is 0.967. The van der Waals surface area contributed by atoms with Gasteiger partial charge >= 0.3 is 0 Å². The highest BCUT2D eigenvalue weighted by molar-refractivity contribution is 5.92. The molecule has 0 aliphatic heterocycles. The minimum Gasteiger partial charge on any atom is -0.332 e. The number of hydrogen-bond acceptors (Lipinski definition) is 5. The molecule has 0 fully saturated rings. The summed E-state index contributed by atoms with van der Waals surface area (Å²) in [4.78, 5) is 17.7. The molecule has 0 bridgehead atoms. The van der Waals surface area contributed by atoms with Gasteiger partial charge in [0.15, 0.2) is 5.69 Å². The minimum atomic E-state index is -0.196. The van der Waals surface area contributed by atoms with Crippen LogP contribution in [-0.4, -0.2) is 19.9 Å². The van der Waals surface area contributed by atoms with Crippen LogP contribution in [0.1, 0.15) is 18.1 Å². The van der Waals surface area contributed by atoms with Crippen molar-refractivity contribution in [1.82, 2.24) is 19.9 Å². The van der Waals surface area contributed by atoms with Gasteiger partial charge in [-0.25, -0.2) is 0 Å². The maximum atomic E-state index is 13.1. The molecule has 0 N–H and O–H groups in total. The van der Waals surface area contributed by atoms with E-state index in [4.69, 9.17) is 4.52 Å². The van der Waals surface area contributed by atoms with Crippen LogP contribution in [0.5, 0.6) is 0 Å². The van der Waals surface area contributed by atoms with Gasteiger partial charge in [-0.3, -0.25) is 4.79 Å². The van der Waals surface area contributed by atoms with Crippen molar-refractivity contribution in [2.24, 2.45) is 0 Å².